The van der Waals surface area contributed by atoms with Gasteiger partial charge in [0.05, 0.1) is 0 Å². The molecule has 0 atom stereocenters. The fourth-order valence-corrected chi connectivity index (χ4v) is 0.615. The summed E-state index contributed by atoms with van der Waals surface area (Å²) in [6, 6.07) is 3.71. The lowest BCUT2D eigenvalue weighted by molar-refractivity contribution is 0.736. The van der Waals surface area contributed by atoms with Gasteiger partial charge in [-0.2, -0.15) is 10.4 Å². The van der Waals surface area contributed by atoms with Crippen LogP contribution >= 0.6 is 0 Å². The molecule has 60 valence electrons. The summed E-state index contributed by atoms with van der Waals surface area (Å²) in [5.74, 6) is 0. The quantitative estimate of drug-likeness (QED) is 0.565. The zero-order valence-corrected chi connectivity index (χ0v) is 7.42. The van der Waals surface area contributed by atoms with Gasteiger partial charge in [0.15, 0.2) is 5.69 Å². The summed E-state index contributed by atoms with van der Waals surface area (Å²) < 4.78 is 1.68. The standard InChI is InChI=1S/C6H7N3.C2H6/c1-5-3-6(4-7)8-9(5)2;1-2/h3H,1-2H3;1-2H3. The molecule has 0 aliphatic carbocycles. The van der Waals surface area contributed by atoms with E-state index in [0.717, 1.165) is 5.69 Å². The molecule has 0 aliphatic heterocycles. The van der Waals surface area contributed by atoms with Crippen LogP contribution in [0.5, 0.6) is 0 Å². The molecule has 3 nitrogen and oxygen atoms in total. The van der Waals surface area contributed by atoms with Crippen molar-refractivity contribution in [2.24, 2.45) is 7.05 Å². The van der Waals surface area contributed by atoms with E-state index < -0.39 is 0 Å². The third kappa shape index (κ3) is 2.42. The van der Waals surface area contributed by atoms with Gasteiger partial charge in [-0.05, 0) is 13.0 Å². The van der Waals surface area contributed by atoms with Crippen molar-refractivity contribution in [3.05, 3.63) is 17.5 Å². The normalized spacial score (nSPS) is 7.91. The molecular formula is C8H13N3. The molecule has 0 saturated heterocycles. The van der Waals surface area contributed by atoms with Crippen LogP contribution < -0.4 is 0 Å². The van der Waals surface area contributed by atoms with Crippen molar-refractivity contribution in [2.75, 3.05) is 0 Å². The summed E-state index contributed by atoms with van der Waals surface area (Å²) >= 11 is 0. The molecule has 11 heavy (non-hydrogen) atoms. The highest BCUT2D eigenvalue weighted by molar-refractivity contribution is 5.21. The van der Waals surface area contributed by atoms with Gasteiger partial charge >= 0.3 is 0 Å². The SMILES string of the molecule is CC.Cc1cc(C#N)nn1C. The van der Waals surface area contributed by atoms with Crippen LogP contribution in [0.3, 0.4) is 0 Å². The molecule has 0 unspecified atom stereocenters. The molecule has 0 N–H and O–H groups in total. The first-order chi connectivity index (χ1) is 5.24. The molecule has 0 fully saturated rings. The van der Waals surface area contributed by atoms with Gasteiger partial charge in [-0.15, -0.1) is 0 Å². The van der Waals surface area contributed by atoms with Crippen molar-refractivity contribution in [3.63, 3.8) is 0 Å². The lowest BCUT2D eigenvalue weighted by atomic mass is 10.4. The Morgan fingerprint density at radius 1 is 1.55 bits per heavy atom. The Balaban J connectivity index is 0.000000461. The van der Waals surface area contributed by atoms with Crippen molar-refractivity contribution in [2.45, 2.75) is 20.8 Å². The summed E-state index contributed by atoms with van der Waals surface area (Å²) in [6.07, 6.45) is 0. The first kappa shape index (κ1) is 9.70. The maximum atomic E-state index is 8.35. The van der Waals surface area contributed by atoms with Crippen molar-refractivity contribution >= 4 is 0 Å². The predicted octanol–water partition coefficient (Wildman–Crippen LogP) is 1.63. The summed E-state index contributed by atoms with van der Waals surface area (Å²) in [7, 11) is 1.82. The Kier molecular flexibility index (Phi) is 3.97. The number of rotatable bonds is 0. The van der Waals surface area contributed by atoms with E-state index in [1.165, 1.54) is 0 Å². The van der Waals surface area contributed by atoms with Crippen LogP contribution in [0.1, 0.15) is 25.2 Å². The Morgan fingerprint density at radius 3 is 2.27 bits per heavy atom. The lowest BCUT2D eigenvalue weighted by Crippen LogP contribution is -1.91. The monoisotopic (exact) mass is 151 g/mol. The number of hydrogen-bond donors (Lipinski definition) is 0. The zero-order valence-electron chi connectivity index (χ0n) is 7.42. The summed E-state index contributed by atoms with van der Waals surface area (Å²) in [6.45, 7) is 5.91. The number of aromatic nitrogens is 2. The maximum absolute atomic E-state index is 8.35. The molecular weight excluding hydrogens is 138 g/mol. The number of nitriles is 1. The molecule has 1 aromatic rings. The van der Waals surface area contributed by atoms with Crippen LogP contribution in [-0.2, 0) is 7.05 Å². The van der Waals surface area contributed by atoms with Crippen LogP contribution in [0.25, 0.3) is 0 Å². The maximum Gasteiger partial charge on any atom is 0.162 e. The van der Waals surface area contributed by atoms with Gasteiger partial charge in [-0.25, -0.2) is 0 Å². The van der Waals surface area contributed by atoms with Gasteiger partial charge < -0.3 is 0 Å². The molecule has 0 spiro atoms. The fourth-order valence-electron chi connectivity index (χ4n) is 0.615. The van der Waals surface area contributed by atoms with E-state index in [2.05, 4.69) is 5.10 Å². The highest BCUT2D eigenvalue weighted by Crippen LogP contribution is 1.97. The number of nitrogens with zero attached hydrogens (tertiary/aromatic N) is 3. The second-order valence-corrected chi connectivity index (χ2v) is 1.91. The Labute approximate surface area is 67.3 Å². The summed E-state index contributed by atoms with van der Waals surface area (Å²) in [5, 5.41) is 12.2. The second-order valence-electron chi connectivity index (χ2n) is 1.91. The molecule has 0 amide bonds. The van der Waals surface area contributed by atoms with Gasteiger partial charge in [0.25, 0.3) is 0 Å². The van der Waals surface area contributed by atoms with E-state index in [1.54, 1.807) is 10.7 Å². The molecule has 1 heterocycles. The molecule has 0 bridgehead atoms. The molecule has 0 radical (unpaired) electrons. The molecule has 0 saturated carbocycles. The zero-order chi connectivity index (χ0) is 8.85. The average Bonchev–Trinajstić information content (AvgIpc) is 2.36. The van der Waals surface area contributed by atoms with Crippen LogP contribution in [-0.4, -0.2) is 9.78 Å². The van der Waals surface area contributed by atoms with Crippen LogP contribution in [0.2, 0.25) is 0 Å². The van der Waals surface area contributed by atoms with Crippen LogP contribution in [0, 0.1) is 18.3 Å². The molecule has 3 heteroatoms. The highest BCUT2D eigenvalue weighted by atomic mass is 15.3. The topological polar surface area (TPSA) is 41.6 Å². The van der Waals surface area contributed by atoms with Crippen LogP contribution in [0.4, 0.5) is 0 Å². The van der Waals surface area contributed by atoms with E-state index in [-0.39, 0.29) is 0 Å². The highest BCUT2D eigenvalue weighted by Gasteiger charge is 1.96. The van der Waals surface area contributed by atoms with Crippen molar-refractivity contribution < 1.29 is 0 Å². The number of hydrogen-bond acceptors (Lipinski definition) is 2. The van der Waals surface area contributed by atoms with Gasteiger partial charge in [0.1, 0.15) is 6.07 Å². The minimum Gasteiger partial charge on any atom is -0.272 e. The third-order valence-electron chi connectivity index (χ3n) is 1.23. The largest absolute Gasteiger partial charge is 0.272 e. The van der Waals surface area contributed by atoms with Gasteiger partial charge in [0, 0.05) is 12.7 Å². The van der Waals surface area contributed by atoms with Crippen molar-refractivity contribution in [3.8, 4) is 6.07 Å². The van der Waals surface area contributed by atoms with Crippen molar-refractivity contribution in [1.82, 2.24) is 9.78 Å². The Bertz CT molecular complexity index is 235. The second kappa shape index (κ2) is 4.51. The average molecular weight is 151 g/mol. The first-order valence-corrected chi connectivity index (χ1v) is 3.65. The predicted molar refractivity (Wildman–Crippen MR) is 44.0 cm³/mol. The molecule has 1 rings (SSSR count). The summed E-state index contributed by atoms with van der Waals surface area (Å²) in [5.41, 5.74) is 1.49. The molecule has 0 aromatic carbocycles. The minimum atomic E-state index is 0.481. The van der Waals surface area contributed by atoms with E-state index in [9.17, 15) is 0 Å². The van der Waals surface area contributed by atoms with Gasteiger partial charge in [0.2, 0.25) is 0 Å². The van der Waals surface area contributed by atoms with E-state index >= 15 is 0 Å². The summed E-state index contributed by atoms with van der Waals surface area (Å²) in [4.78, 5) is 0. The van der Waals surface area contributed by atoms with E-state index in [4.69, 9.17) is 5.26 Å². The molecule has 1 aromatic heterocycles. The third-order valence-corrected chi connectivity index (χ3v) is 1.23. The van der Waals surface area contributed by atoms with Gasteiger partial charge in [-0.1, -0.05) is 13.8 Å². The minimum absolute atomic E-state index is 0.481. The van der Waals surface area contributed by atoms with Crippen molar-refractivity contribution in [1.29, 1.82) is 5.26 Å². The first-order valence-electron chi connectivity index (χ1n) is 3.65. The lowest BCUT2D eigenvalue weighted by Gasteiger charge is -1.87. The molecule has 0 aliphatic rings. The Morgan fingerprint density at radius 2 is 2.09 bits per heavy atom. The Hall–Kier alpha value is -1.30. The van der Waals surface area contributed by atoms with Crippen LogP contribution in [0.15, 0.2) is 6.07 Å². The number of aryl methyl sites for hydroxylation is 2. The van der Waals surface area contributed by atoms with E-state index in [1.807, 2.05) is 33.9 Å². The van der Waals surface area contributed by atoms with E-state index in [0.29, 0.717) is 5.69 Å². The van der Waals surface area contributed by atoms with Gasteiger partial charge in [-0.3, -0.25) is 4.68 Å². The fraction of sp³-hybridized carbons (Fsp3) is 0.500. The smallest absolute Gasteiger partial charge is 0.162 e.